The molecule has 4 heteroatoms. The fourth-order valence-electron chi connectivity index (χ4n) is 3.01. The van der Waals surface area contributed by atoms with Gasteiger partial charge in [-0.05, 0) is 32.2 Å². The lowest BCUT2D eigenvalue weighted by molar-refractivity contribution is -0.143. The molecule has 2 rings (SSSR count). The molecule has 0 aromatic heterocycles. The third-order valence-corrected chi connectivity index (χ3v) is 4.44. The summed E-state index contributed by atoms with van der Waals surface area (Å²) in [6.45, 7) is 5.69. The summed E-state index contributed by atoms with van der Waals surface area (Å²) in [5.41, 5.74) is -0.125. The van der Waals surface area contributed by atoms with E-state index in [1.165, 1.54) is 0 Å². The summed E-state index contributed by atoms with van der Waals surface area (Å²) in [6.07, 6.45) is 4.25. The molecule has 1 amide bonds. The quantitative estimate of drug-likeness (QED) is 0.800. The van der Waals surface area contributed by atoms with Gasteiger partial charge in [0.05, 0.1) is 11.5 Å². The number of hydrogen-bond acceptors (Lipinski definition) is 3. The van der Waals surface area contributed by atoms with Gasteiger partial charge in [-0.25, -0.2) is 0 Å². The monoisotopic (exact) mass is 240 g/mol. The maximum absolute atomic E-state index is 12.6. The highest BCUT2D eigenvalue weighted by atomic mass is 16.5. The van der Waals surface area contributed by atoms with Gasteiger partial charge in [0.2, 0.25) is 5.91 Å². The number of piperidine rings is 1. The molecule has 2 fully saturated rings. The number of carbonyl (C=O) groups is 1. The van der Waals surface area contributed by atoms with Gasteiger partial charge in [0.1, 0.15) is 0 Å². The highest BCUT2D eigenvalue weighted by Gasteiger charge is 2.42. The van der Waals surface area contributed by atoms with E-state index < -0.39 is 0 Å². The zero-order valence-corrected chi connectivity index (χ0v) is 11.0. The third-order valence-electron chi connectivity index (χ3n) is 4.44. The fourth-order valence-corrected chi connectivity index (χ4v) is 3.01. The fraction of sp³-hybridized carbons (Fsp3) is 0.923. The van der Waals surface area contributed by atoms with Crippen LogP contribution in [0.4, 0.5) is 0 Å². The zero-order chi connectivity index (χ0) is 12.3. The average molecular weight is 240 g/mol. The molecule has 1 atom stereocenters. The van der Waals surface area contributed by atoms with E-state index in [0.29, 0.717) is 12.0 Å². The van der Waals surface area contributed by atoms with Crippen LogP contribution in [-0.2, 0) is 9.53 Å². The Kier molecular flexibility index (Phi) is 4.05. The lowest BCUT2D eigenvalue weighted by atomic mass is 9.82. The first-order valence-electron chi connectivity index (χ1n) is 6.75. The zero-order valence-electron chi connectivity index (χ0n) is 11.0. The second-order valence-corrected chi connectivity index (χ2v) is 5.29. The molecule has 98 valence electrons. The summed E-state index contributed by atoms with van der Waals surface area (Å²) in [5.74, 6) is 0.361. The van der Waals surface area contributed by atoms with Crippen LogP contribution in [0.5, 0.6) is 0 Å². The van der Waals surface area contributed by atoms with Crippen molar-refractivity contribution in [2.45, 2.75) is 38.7 Å². The lowest BCUT2D eigenvalue weighted by Gasteiger charge is -2.37. The van der Waals surface area contributed by atoms with Crippen LogP contribution in [-0.4, -0.2) is 50.2 Å². The first kappa shape index (κ1) is 12.8. The summed E-state index contributed by atoms with van der Waals surface area (Å²) < 4.78 is 5.35. The van der Waals surface area contributed by atoms with Crippen LogP contribution in [0.15, 0.2) is 0 Å². The Morgan fingerprint density at radius 2 is 2.18 bits per heavy atom. The van der Waals surface area contributed by atoms with Crippen molar-refractivity contribution in [2.75, 3.05) is 33.3 Å². The number of ether oxygens (including phenoxy) is 1. The highest BCUT2D eigenvalue weighted by molar-refractivity contribution is 5.83. The first-order chi connectivity index (χ1) is 8.22. The number of amides is 1. The second kappa shape index (κ2) is 5.36. The molecule has 0 bridgehead atoms. The summed E-state index contributed by atoms with van der Waals surface area (Å²) >= 11 is 0. The molecule has 0 spiro atoms. The number of nitrogens with zero attached hydrogens (tertiary/aromatic N) is 1. The molecule has 1 N–H and O–H groups in total. The van der Waals surface area contributed by atoms with Crippen LogP contribution in [0.25, 0.3) is 0 Å². The van der Waals surface area contributed by atoms with Crippen LogP contribution in [0.3, 0.4) is 0 Å². The molecule has 1 unspecified atom stereocenters. The number of methoxy groups -OCH3 is 1. The van der Waals surface area contributed by atoms with E-state index in [0.717, 1.165) is 51.9 Å². The Balaban J connectivity index is 1.96. The van der Waals surface area contributed by atoms with Crippen LogP contribution < -0.4 is 5.32 Å². The van der Waals surface area contributed by atoms with Gasteiger partial charge in [0.25, 0.3) is 0 Å². The Bertz CT molecular complexity index is 267. The molecular formula is C13H24N2O2. The summed E-state index contributed by atoms with van der Waals surface area (Å²) in [4.78, 5) is 14.6. The number of hydrogen-bond donors (Lipinski definition) is 1. The van der Waals surface area contributed by atoms with Gasteiger partial charge in [-0.1, -0.05) is 6.92 Å². The highest BCUT2D eigenvalue weighted by Crippen LogP contribution is 2.32. The first-order valence-corrected chi connectivity index (χ1v) is 6.75. The van der Waals surface area contributed by atoms with Gasteiger partial charge in [-0.15, -0.1) is 0 Å². The van der Waals surface area contributed by atoms with Crippen molar-refractivity contribution in [3.05, 3.63) is 0 Å². The van der Waals surface area contributed by atoms with E-state index in [2.05, 4.69) is 12.2 Å². The molecule has 0 aromatic rings. The van der Waals surface area contributed by atoms with Gasteiger partial charge in [-0.2, -0.15) is 0 Å². The van der Waals surface area contributed by atoms with Crippen LogP contribution >= 0.6 is 0 Å². The Morgan fingerprint density at radius 1 is 1.47 bits per heavy atom. The van der Waals surface area contributed by atoms with Crippen LogP contribution in [0, 0.1) is 5.41 Å². The molecule has 2 saturated heterocycles. The van der Waals surface area contributed by atoms with Crippen molar-refractivity contribution in [2.24, 2.45) is 5.41 Å². The minimum absolute atomic E-state index is 0.125. The molecule has 17 heavy (non-hydrogen) atoms. The normalized spacial score (nSPS) is 30.8. The Hall–Kier alpha value is -0.610. The third kappa shape index (κ3) is 2.47. The minimum atomic E-state index is -0.125. The van der Waals surface area contributed by atoms with Crippen molar-refractivity contribution >= 4 is 5.91 Å². The number of nitrogens with one attached hydrogen (secondary N) is 1. The largest absolute Gasteiger partial charge is 0.381 e. The predicted molar refractivity (Wildman–Crippen MR) is 66.8 cm³/mol. The van der Waals surface area contributed by atoms with Crippen LogP contribution in [0.2, 0.25) is 0 Å². The Morgan fingerprint density at radius 3 is 2.65 bits per heavy atom. The van der Waals surface area contributed by atoms with Gasteiger partial charge in [0, 0.05) is 26.7 Å². The minimum Gasteiger partial charge on any atom is -0.381 e. The van der Waals surface area contributed by atoms with Gasteiger partial charge in [-0.3, -0.25) is 4.79 Å². The van der Waals surface area contributed by atoms with Crippen molar-refractivity contribution < 1.29 is 9.53 Å². The molecule has 4 nitrogen and oxygen atoms in total. The predicted octanol–water partition coefficient (Wildman–Crippen LogP) is 1.01. The molecule has 0 aliphatic carbocycles. The molecule has 0 radical (unpaired) electrons. The van der Waals surface area contributed by atoms with Crippen LogP contribution in [0.1, 0.15) is 32.6 Å². The van der Waals surface area contributed by atoms with Crippen molar-refractivity contribution in [1.29, 1.82) is 0 Å². The number of likely N-dealkylation sites (tertiary alicyclic amines) is 1. The van der Waals surface area contributed by atoms with Gasteiger partial charge < -0.3 is 15.0 Å². The topological polar surface area (TPSA) is 41.6 Å². The lowest BCUT2D eigenvalue weighted by Crippen LogP contribution is -2.49. The molecular weight excluding hydrogens is 216 g/mol. The maximum atomic E-state index is 12.6. The second-order valence-electron chi connectivity index (χ2n) is 5.29. The molecule has 2 aliphatic heterocycles. The molecule has 2 heterocycles. The van der Waals surface area contributed by atoms with E-state index >= 15 is 0 Å². The van der Waals surface area contributed by atoms with Crippen molar-refractivity contribution in [3.8, 4) is 0 Å². The van der Waals surface area contributed by atoms with Crippen molar-refractivity contribution in [3.63, 3.8) is 0 Å². The summed E-state index contributed by atoms with van der Waals surface area (Å²) in [5, 5.41) is 3.33. The van der Waals surface area contributed by atoms with E-state index in [4.69, 9.17) is 4.74 Å². The van der Waals surface area contributed by atoms with E-state index in [1.807, 2.05) is 4.90 Å². The standard InChI is InChI=1S/C13H24N2O2/c1-3-13(6-7-14-10-13)12(16)15-8-4-11(17-2)5-9-15/h11,14H,3-10H2,1-2H3. The van der Waals surface area contributed by atoms with Crippen molar-refractivity contribution in [1.82, 2.24) is 10.2 Å². The summed E-state index contributed by atoms with van der Waals surface area (Å²) in [7, 11) is 1.76. The SMILES string of the molecule is CCC1(C(=O)N2CCC(OC)CC2)CCNC1. The van der Waals surface area contributed by atoms with Gasteiger partial charge >= 0.3 is 0 Å². The molecule has 2 aliphatic rings. The average Bonchev–Trinajstić information content (AvgIpc) is 2.88. The van der Waals surface area contributed by atoms with Gasteiger partial charge in [0.15, 0.2) is 0 Å². The van der Waals surface area contributed by atoms with E-state index in [-0.39, 0.29) is 5.41 Å². The molecule has 0 aromatic carbocycles. The smallest absolute Gasteiger partial charge is 0.230 e. The van der Waals surface area contributed by atoms with E-state index in [9.17, 15) is 4.79 Å². The Labute approximate surface area is 104 Å². The van der Waals surface area contributed by atoms with E-state index in [1.54, 1.807) is 7.11 Å². The number of carbonyl (C=O) groups excluding carboxylic acids is 1. The number of rotatable bonds is 3. The summed E-state index contributed by atoms with van der Waals surface area (Å²) in [6, 6.07) is 0. The maximum Gasteiger partial charge on any atom is 0.230 e. The molecule has 0 saturated carbocycles.